The Bertz CT molecular complexity index is 1850. The number of benzene rings is 3. The van der Waals surface area contributed by atoms with Crippen LogP contribution >= 0.6 is 0 Å². The first-order valence-corrected chi connectivity index (χ1v) is 18.0. The standard InChI is InChI=1S/C43H45NO4/c1-39-20-17-33(45)25-41(39)23-24-43(34(26-41)37(46)32-15-13-31(14-16-32)30-11-7-4-8-12-30)35(39)18-21-40(2)36(43)19-22-42(40)28-44(38(47)48-42)27-29-9-5-3-6-10-29/h3-16,23-24,26,33,35-36,45H,17-22,25,27-28H2,1-2H3/t33-,35+,36+,39+,40-,41-,42+,43-/m0/s1. The normalized spacial score (nSPS) is 39.1. The van der Waals surface area contributed by atoms with E-state index in [2.05, 4.69) is 68.5 Å². The number of hydrogen-bond acceptors (Lipinski definition) is 4. The third kappa shape index (κ3) is 3.88. The van der Waals surface area contributed by atoms with E-state index in [0.717, 1.165) is 60.8 Å². The molecule has 7 aliphatic rings. The van der Waals surface area contributed by atoms with Crippen LogP contribution in [-0.4, -0.2) is 40.1 Å². The maximum absolute atomic E-state index is 15.0. The molecule has 1 heterocycles. The largest absolute Gasteiger partial charge is 0.440 e. The van der Waals surface area contributed by atoms with Crippen molar-refractivity contribution in [3.8, 4) is 11.1 Å². The summed E-state index contributed by atoms with van der Waals surface area (Å²) in [6, 6.07) is 28.6. The maximum atomic E-state index is 15.0. The van der Waals surface area contributed by atoms with Crippen molar-refractivity contribution in [2.75, 3.05) is 6.54 Å². The van der Waals surface area contributed by atoms with Crippen LogP contribution in [0.1, 0.15) is 74.7 Å². The molecule has 1 N–H and O–H groups in total. The Kier molecular flexibility index (Phi) is 6.45. The number of ether oxygens (including phenoxy) is 1. The first kappa shape index (κ1) is 30.1. The van der Waals surface area contributed by atoms with Gasteiger partial charge in [0.05, 0.1) is 12.6 Å². The second-order valence-electron chi connectivity index (χ2n) is 16.3. The summed E-state index contributed by atoms with van der Waals surface area (Å²) in [7, 11) is 0. The molecule has 0 aromatic heterocycles. The van der Waals surface area contributed by atoms with Crippen LogP contribution in [0.4, 0.5) is 4.79 Å². The van der Waals surface area contributed by atoms with E-state index in [-0.39, 0.29) is 46.1 Å². The summed E-state index contributed by atoms with van der Waals surface area (Å²) in [4.78, 5) is 30.5. The van der Waals surface area contributed by atoms with E-state index < -0.39 is 11.0 Å². The van der Waals surface area contributed by atoms with Gasteiger partial charge in [-0.25, -0.2) is 4.79 Å². The number of amides is 1. The van der Waals surface area contributed by atoms with Crippen LogP contribution < -0.4 is 0 Å². The molecule has 10 rings (SSSR count). The van der Waals surface area contributed by atoms with Crippen molar-refractivity contribution in [2.24, 2.45) is 33.5 Å². The Morgan fingerprint density at radius 3 is 2.21 bits per heavy atom. The van der Waals surface area contributed by atoms with Crippen molar-refractivity contribution in [3.63, 3.8) is 0 Å². The number of fused-ring (bicyclic) bond motifs is 2. The zero-order valence-corrected chi connectivity index (χ0v) is 28.0. The number of aliphatic hydroxyl groups excluding tert-OH is 1. The molecule has 3 saturated carbocycles. The molecule has 3 aromatic carbocycles. The van der Waals surface area contributed by atoms with Gasteiger partial charge in [0.25, 0.3) is 0 Å². The highest BCUT2D eigenvalue weighted by Crippen LogP contribution is 2.79. The van der Waals surface area contributed by atoms with Gasteiger partial charge >= 0.3 is 6.09 Å². The summed E-state index contributed by atoms with van der Waals surface area (Å²) in [5.41, 5.74) is 3.23. The average molecular weight is 640 g/mol. The van der Waals surface area contributed by atoms with Crippen LogP contribution in [0.15, 0.2) is 109 Å². The number of hydrogen-bond donors (Lipinski definition) is 1. The lowest BCUT2D eigenvalue weighted by Crippen LogP contribution is -2.67. The summed E-state index contributed by atoms with van der Waals surface area (Å²) in [6.07, 6.45) is 12.6. The van der Waals surface area contributed by atoms with Crippen molar-refractivity contribution < 1.29 is 19.4 Å². The van der Waals surface area contributed by atoms with Crippen LogP contribution in [0.2, 0.25) is 0 Å². The Balaban J connectivity index is 1.12. The molecule has 3 aromatic rings. The fourth-order valence-electron chi connectivity index (χ4n) is 11.9. The van der Waals surface area contributed by atoms with Gasteiger partial charge in [-0.2, -0.15) is 0 Å². The number of allylic oxidation sites excluding steroid dienone is 4. The quantitative estimate of drug-likeness (QED) is 0.224. The zero-order valence-electron chi connectivity index (χ0n) is 28.0. The number of rotatable bonds is 5. The molecule has 1 saturated heterocycles. The number of nitrogens with zero attached hydrogens (tertiary/aromatic N) is 1. The molecule has 0 unspecified atom stereocenters. The van der Waals surface area contributed by atoms with E-state index >= 15 is 0 Å². The highest BCUT2D eigenvalue weighted by molar-refractivity contribution is 6.10. The van der Waals surface area contributed by atoms with Gasteiger partial charge in [-0.3, -0.25) is 9.69 Å². The second-order valence-corrected chi connectivity index (χ2v) is 16.3. The molecular formula is C43H45NO4. The van der Waals surface area contributed by atoms with Crippen molar-refractivity contribution >= 4 is 11.9 Å². The van der Waals surface area contributed by atoms with Gasteiger partial charge in [0.1, 0.15) is 5.60 Å². The molecule has 0 radical (unpaired) electrons. The van der Waals surface area contributed by atoms with Gasteiger partial charge < -0.3 is 9.84 Å². The topological polar surface area (TPSA) is 66.8 Å². The fourth-order valence-corrected chi connectivity index (χ4v) is 11.9. The van der Waals surface area contributed by atoms with Gasteiger partial charge in [0.2, 0.25) is 0 Å². The molecule has 246 valence electrons. The molecule has 4 fully saturated rings. The minimum atomic E-state index is -0.585. The lowest BCUT2D eigenvalue weighted by atomic mass is 9.32. The van der Waals surface area contributed by atoms with Gasteiger partial charge in [0.15, 0.2) is 5.78 Å². The third-order valence-electron chi connectivity index (χ3n) is 14.4. The summed E-state index contributed by atoms with van der Waals surface area (Å²) >= 11 is 0. The first-order chi connectivity index (χ1) is 23.1. The van der Waals surface area contributed by atoms with Gasteiger partial charge in [-0.1, -0.05) is 117 Å². The Labute approximate surface area is 283 Å². The lowest BCUT2D eigenvalue weighted by Gasteiger charge is -2.71. The van der Waals surface area contributed by atoms with Crippen molar-refractivity contribution in [3.05, 3.63) is 120 Å². The first-order valence-electron chi connectivity index (χ1n) is 18.0. The van der Waals surface area contributed by atoms with Crippen LogP contribution in [0.5, 0.6) is 0 Å². The number of carbonyl (C=O) groups excluding carboxylic acids is 2. The molecule has 6 aliphatic carbocycles. The van der Waals surface area contributed by atoms with Crippen molar-refractivity contribution in [2.45, 2.75) is 77.0 Å². The summed E-state index contributed by atoms with van der Waals surface area (Å²) in [6.45, 7) is 5.93. The SMILES string of the molecule is C[C@]12CC[C@H]3[C@@]4(C=C[C@@]5(C=C4C(=O)c4ccc(-c6ccccc6)cc4)C[C@@H](O)CC[C@]35C)[C@@H]1CC[C@@]21CN(Cc2ccccc2)C(=O)O1. The minimum absolute atomic E-state index is 0.0509. The molecule has 5 nitrogen and oxygen atoms in total. The molecular weight excluding hydrogens is 594 g/mol. The molecule has 5 heteroatoms. The predicted molar refractivity (Wildman–Crippen MR) is 186 cm³/mol. The van der Waals surface area contributed by atoms with E-state index in [4.69, 9.17) is 4.74 Å². The van der Waals surface area contributed by atoms with Crippen molar-refractivity contribution in [1.29, 1.82) is 0 Å². The fraction of sp³-hybridized carbons (Fsp3) is 0.442. The smallest absolute Gasteiger partial charge is 0.410 e. The van der Waals surface area contributed by atoms with Crippen LogP contribution in [0.3, 0.4) is 0 Å². The molecule has 1 amide bonds. The number of aliphatic hydroxyl groups is 1. The van der Waals surface area contributed by atoms with E-state index in [1.54, 1.807) is 0 Å². The third-order valence-corrected chi connectivity index (χ3v) is 14.4. The predicted octanol–water partition coefficient (Wildman–Crippen LogP) is 8.79. The summed E-state index contributed by atoms with van der Waals surface area (Å²) in [5, 5.41) is 11.0. The monoisotopic (exact) mass is 639 g/mol. The number of ketones is 1. The zero-order chi connectivity index (χ0) is 32.9. The van der Waals surface area contributed by atoms with Gasteiger partial charge in [-0.05, 0) is 78.9 Å². The Hall–Kier alpha value is -3.96. The van der Waals surface area contributed by atoms with E-state index in [1.807, 2.05) is 53.4 Å². The molecule has 8 atom stereocenters. The van der Waals surface area contributed by atoms with Gasteiger partial charge in [0, 0.05) is 33.9 Å². The lowest BCUT2D eigenvalue weighted by molar-refractivity contribution is -0.164. The second kappa shape index (κ2) is 10.3. The molecule has 1 aliphatic heterocycles. The minimum Gasteiger partial charge on any atom is -0.440 e. The average Bonchev–Trinajstić information content (AvgIpc) is 3.59. The Morgan fingerprint density at radius 2 is 1.46 bits per heavy atom. The van der Waals surface area contributed by atoms with Crippen LogP contribution in [0.25, 0.3) is 11.1 Å². The highest BCUT2D eigenvalue weighted by Gasteiger charge is 2.76. The summed E-state index contributed by atoms with van der Waals surface area (Å²) in [5.74, 6) is 0.538. The van der Waals surface area contributed by atoms with Gasteiger partial charge in [-0.15, -0.1) is 0 Å². The van der Waals surface area contributed by atoms with Crippen LogP contribution in [0, 0.1) is 33.5 Å². The summed E-state index contributed by atoms with van der Waals surface area (Å²) < 4.78 is 6.55. The highest BCUT2D eigenvalue weighted by atomic mass is 16.6. The number of Topliss-reactive ketones (excluding diaryl/α,β-unsaturated/α-hetero) is 1. The van der Waals surface area contributed by atoms with Crippen LogP contribution in [-0.2, 0) is 11.3 Å². The maximum Gasteiger partial charge on any atom is 0.410 e. The van der Waals surface area contributed by atoms with Crippen molar-refractivity contribution in [1.82, 2.24) is 4.90 Å². The molecule has 2 bridgehead atoms. The molecule has 3 spiro atoms. The number of carbonyl (C=O) groups is 2. The Morgan fingerprint density at radius 1 is 0.812 bits per heavy atom. The van der Waals surface area contributed by atoms with E-state index in [9.17, 15) is 14.7 Å². The molecule has 48 heavy (non-hydrogen) atoms. The van der Waals surface area contributed by atoms with E-state index in [0.29, 0.717) is 25.1 Å². The van der Waals surface area contributed by atoms with E-state index in [1.165, 1.54) is 0 Å².